The molecule has 1 aromatic carbocycles. The zero-order valence-electron chi connectivity index (χ0n) is 14.4. The minimum absolute atomic E-state index is 0.758. The number of methoxy groups -OCH3 is 1. The van der Waals surface area contributed by atoms with Gasteiger partial charge in [-0.2, -0.15) is 0 Å². The quantitative estimate of drug-likeness (QED) is 0.556. The van der Waals surface area contributed by atoms with Gasteiger partial charge >= 0.3 is 0 Å². The second-order valence-corrected chi connectivity index (χ2v) is 5.37. The summed E-state index contributed by atoms with van der Waals surface area (Å²) in [6, 6.07) is 10.5. The molecule has 1 N–H and O–H groups in total. The van der Waals surface area contributed by atoms with Gasteiger partial charge in [0.1, 0.15) is 0 Å². The molecule has 1 aromatic rings. The number of aliphatic imine (C=N–C) groups is 1. The molecule has 0 atom stereocenters. The molecule has 1 rings (SSSR count). The first-order valence-electron chi connectivity index (χ1n) is 7.88. The van der Waals surface area contributed by atoms with E-state index in [1.165, 1.54) is 5.56 Å². The number of rotatable bonds is 9. The highest BCUT2D eigenvalue weighted by atomic mass is 16.5. The average molecular weight is 306 g/mol. The van der Waals surface area contributed by atoms with E-state index in [1.54, 1.807) is 7.11 Å². The van der Waals surface area contributed by atoms with Crippen molar-refractivity contribution in [2.75, 3.05) is 54.0 Å². The van der Waals surface area contributed by atoms with Crippen molar-refractivity contribution in [3.05, 3.63) is 35.9 Å². The molecule has 0 bridgehead atoms. The van der Waals surface area contributed by atoms with E-state index in [1.807, 2.05) is 6.07 Å². The summed E-state index contributed by atoms with van der Waals surface area (Å²) < 4.78 is 5.09. The van der Waals surface area contributed by atoms with Gasteiger partial charge in [-0.3, -0.25) is 4.99 Å². The number of guanidine groups is 1. The van der Waals surface area contributed by atoms with Gasteiger partial charge in [-0.1, -0.05) is 30.3 Å². The molecule has 0 aliphatic carbocycles. The Bertz CT molecular complexity index is 422. The maximum atomic E-state index is 5.09. The lowest BCUT2D eigenvalue weighted by Gasteiger charge is -2.22. The molecule has 0 saturated carbocycles. The molecule has 0 saturated heterocycles. The van der Waals surface area contributed by atoms with E-state index in [2.05, 4.69) is 60.4 Å². The summed E-state index contributed by atoms with van der Waals surface area (Å²) in [5.74, 6) is 0.950. The topological polar surface area (TPSA) is 40.1 Å². The lowest BCUT2D eigenvalue weighted by Crippen LogP contribution is -2.39. The Kier molecular flexibility index (Phi) is 9.26. The van der Waals surface area contributed by atoms with Gasteiger partial charge < -0.3 is 19.9 Å². The van der Waals surface area contributed by atoms with Crippen LogP contribution < -0.4 is 5.32 Å². The summed E-state index contributed by atoms with van der Waals surface area (Å²) in [6.07, 6.45) is 0. The van der Waals surface area contributed by atoms with Crippen molar-refractivity contribution >= 4 is 5.96 Å². The molecule has 5 nitrogen and oxygen atoms in total. The molecule has 0 aromatic heterocycles. The maximum Gasteiger partial charge on any atom is 0.194 e. The average Bonchev–Trinajstić information content (AvgIpc) is 2.53. The molecular weight excluding hydrogens is 276 g/mol. The molecule has 0 heterocycles. The molecule has 0 aliphatic rings. The number of benzene rings is 1. The second-order valence-electron chi connectivity index (χ2n) is 5.37. The van der Waals surface area contributed by atoms with Crippen LogP contribution in [-0.2, 0) is 11.3 Å². The molecule has 0 aliphatic heterocycles. The fourth-order valence-electron chi connectivity index (χ4n) is 2.09. The Balaban J connectivity index is 2.50. The summed E-state index contributed by atoms with van der Waals surface area (Å²) in [7, 11) is 5.89. The van der Waals surface area contributed by atoms with Gasteiger partial charge in [0.05, 0.1) is 13.2 Å². The van der Waals surface area contributed by atoms with Crippen LogP contribution >= 0.6 is 0 Å². The van der Waals surface area contributed by atoms with Gasteiger partial charge in [0.25, 0.3) is 0 Å². The van der Waals surface area contributed by atoms with Crippen molar-refractivity contribution in [3.63, 3.8) is 0 Å². The molecule has 5 heteroatoms. The molecule has 0 unspecified atom stereocenters. The van der Waals surface area contributed by atoms with E-state index >= 15 is 0 Å². The second kappa shape index (κ2) is 11.0. The van der Waals surface area contributed by atoms with E-state index in [-0.39, 0.29) is 0 Å². The number of hydrogen-bond donors (Lipinski definition) is 1. The zero-order chi connectivity index (χ0) is 16.2. The standard InChI is InChI=1S/C17H30N4O/c1-5-18-17(19-11-12-20(2)13-14-22-4)21(3)15-16-9-7-6-8-10-16/h6-10H,5,11-15H2,1-4H3,(H,18,19). The number of hydrogen-bond acceptors (Lipinski definition) is 3. The highest BCUT2D eigenvalue weighted by Gasteiger charge is 2.06. The first kappa shape index (κ1) is 18.5. The molecule has 0 radical (unpaired) electrons. The van der Waals surface area contributed by atoms with Crippen LogP contribution in [0.2, 0.25) is 0 Å². The minimum Gasteiger partial charge on any atom is -0.383 e. The number of ether oxygens (including phenoxy) is 1. The van der Waals surface area contributed by atoms with Crippen molar-refractivity contribution in [3.8, 4) is 0 Å². The minimum atomic E-state index is 0.758. The van der Waals surface area contributed by atoms with Crippen molar-refractivity contribution in [1.29, 1.82) is 0 Å². The summed E-state index contributed by atoms with van der Waals surface area (Å²) in [5.41, 5.74) is 1.29. The molecule has 0 fully saturated rings. The van der Waals surface area contributed by atoms with Crippen molar-refractivity contribution < 1.29 is 4.74 Å². The Labute approximate surface area is 135 Å². The number of nitrogens with zero attached hydrogens (tertiary/aromatic N) is 3. The van der Waals surface area contributed by atoms with Gasteiger partial charge in [0.2, 0.25) is 0 Å². The lowest BCUT2D eigenvalue weighted by molar-refractivity contribution is 0.163. The Morgan fingerprint density at radius 3 is 2.55 bits per heavy atom. The van der Waals surface area contributed by atoms with E-state index in [0.717, 1.165) is 45.3 Å². The Hall–Kier alpha value is -1.59. The SMILES string of the molecule is CCNC(=NCCN(C)CCOC)N(C)Cc1ccccc1. The van der Waals surface area contributed by atoms with Gasteiger partial charge in [0, 0.05) is 40.3 Å². The van der Waals surface area contributed by atoms with E-state index in [0.29, 0.717) is 0 Å². The van der Waals surface area contributed by atoms with Gasteiger partial charge in [0.15, 0.2) is 5.96 Å². The summed E-state index contributed by atoms with van der Waals surface area (Å²) in [4.78, 5) is 9.10. The van der Waals surface area contributed by atoms with Crippen LogP contribution in [0.4, 0.5) is 0 Å². The molecule has 22 heavy (non-hydrogen) atoms. The van der Waals surface area contributed by atoms with Crippen LogP contribution in [0, 0.1) is 0 Å². The van der Waals surface area contributed by atoms with Crippen molar-refractivity contribution in [2.24, 2.45) is 4.99 Å². The van der Waals surface area contributed by atoms with Gasteiger partial charge in [-0.25, -0.2) is 0 Å². The zero-order valence-corrected chi connectivity index (χ0v) is 14.4. The highest BCUT2D eigenvalue weighted by Crippen LogP contribution is 2.02. The fourth-order valence-corrected chi connectivity index (χ4v) is 2.09. The smallest absolute Gasteiger partial charge is 0.194 e. The highest BCUT2D eigenvalue weighted by molar-refractivity contribution is 5.79. The molecule has 0 spiro atoms. The summed E-state index contributed by atoms with van der Waals surface area (Å²) >= 11 is 0. The van der Waals surface area contributed by atoms with E-state index < -0.39 is 0 Å². The van der Waals surface area contributed by atoms with E-state index in [4.69, 9.17) is 9.73 Å². The predicted octanol–water partition coefficient (Wildman–Crippen LogP) is 1.66. The summed E-state index contributed by atoms with van der Waals surface area (Å²) in [6.45, 7) is 7.22. The van der Waals surface area contributed by atoms with Crippen LogP contribution in [0.3, 0.4) is 0 Å². The fraction of sp³-hybridized carbons (Fsp3) is 0.588. The molecule has 124 valence electrons. The number of nitrogens with one attached hydrogen (secondary N) is 1. The summed E-state index contributed by atoms with van der Waals surface area (Å²) in [5, 5.41) is 3.35. The van der Waals surface area contributed by atoms with Crippen LogP contribution in [0.25, 0.3) is 0 Å². The predicted molar refractivity (Wildman–Crippen MR) is 93.3 cm³/mol. The monoisotopic (exact) mass is 306 g/mol. The normalized spacial score (nSPS) is 11.8. The molecular formula is C17H30N4O. The largest absolute Gasteiger partial charge is 0.383 e. The first-order chi connectivity index (χ1) is 10.7. The van der Waals surface area contributed by atoms with Crippen molar-refractivity contribution in [2.45, 2.75) is 13.5 Å². The third kappa shape index (κ3) is 7.43. The van der Waals surface area contributed by atoms with Crippen LogP contribution in [-0.4, -0.2) is 69.8 Å². The first-order valence-corrected chi connectivity index (χ1v) is 7.88. The van der Waals surface area contributed by atoms with Gasteiger partial charge in [-0.15, -0.1) is 0 Å². The Morgan fingerprint density at radius 2 is 1.91 bits per heavy atom. The van der Waals surface area contributed by atoms with Crippen LogP contribution in [0.5, 0.6) is 0 Å². The van der Waals surface area contributed by atoms with Crippen molar-refractivity contribution in [1.82, 2.24) is 15.1 Å². The molecule has 0 amide bonds. The number of likely N-dealkylation sites (N-methyl/N-ethyl adjacent to an activating group) is 1. The third-order valence-electron chi connectivity index (χ3n) is 3.38. The maximum absolute atomic E-state index is 5.09. The Morgan fingerprint density at radius 1 is 1.18 bits per heavy atom. The lowest BCUT2D eigenvalue weighted by atomic mass is 10.2. The van der Waals surface area contributed by atoms with Crippen LogP contribution in [0.1, 0.15) is 12.5 Å². The van der Waals surface area contributed by atoms with Gasteiger partial charge in [-0.05, 0) is 19.5 Å². The van der Waals surface area contributed by atoms with E-state index in [9.17, 15) is 0 Å². The third-order valence-corrected chi connectivity index (χ3v) is 3.38. The van der Waals surface area contributed by atoms with Crippen LogP contribution in [0.15, 0.2) is 35.3 Å².